The van der Waals surface area contributed by atoms with Crippen molar-refractivity contribution in [2.24, 2.45) is 5.92 Å². The first-order valence-corrected chi connectivity index (χ1v) is 7.36. The second kappa shape index (κ2) is 6.54. The van der Waals surface area contributed by atoms with Gasteiger partial charge in [-0.15, -0.1) is 0 Å². The number of nitrogens with zero attached hydrogens (tertiary/aromatic N) is 1. The predicted octanol–water partition coefficient (Wildman–Crippen LogP) is 0.589. The molecule has 0 saturated carbocycles. The van der Waals surface area contributed by atoms with E-state index in [9.17, 15) is 8.42 Å². The molecule has 0 amide bonds. The van der Waals surface area contributed by atoms with Crippen LogP contribution in [0.5, 0.6) is 0 Å². The summed E-state index contributed by atoms with van der Waals surface area (Å²) in [5, 5.41) is 0. The lowest BCUT2D eigenvalue weighted by Crippen LogP contribution is -2.46. The number of piperidine rings is 1. The molecule has 0 radical (unpaired) electrons. The number of hydrogen-bond donors (Lipinski definition) is 1. The van der Waals surface area contributed by atoms with E-state index in [1.54, 1.807) is 6.92 Å². The van der Waals surface area contributed by atoms with Crippen molar-refractivity contribution in [3.8, 4) is 0 Å². The molecule has 1 saturated heterocycles. The minimum Gasteiger partial charge on any atom is -0.381 e. The van der Waals surface area contributed by atoms with Crippen molar-refractivity contribution in [2.75, 3.05) is 32.8 Å². The monoisotopic (exact) mass is 250 g/mol. The molecule has 1 aliphatic heterocycles. The Bertz CT molecular complexity index is 292. The van der Waals surface area contributed by atoms with Gasteiger partial charge in [-0.25, -0.2) is 4.72 Å². The molecule has 1 heterocycles. The smallest absolute Gasteiger partial charge is 0.279 e. The van der Waals surface area contributed by atoms with E-state index in [0.717, 1.165) is 12.8 Å². The average Bonchev–Trinajstić information content (AvgIpc) is 2.27. The van der Waals surface area contributed by atoms with Crippen LogP contribution in [-0.2, 0) is 14.9 Å². The fourth-order valence-corrected chi connectivity index (χ4v) is 3.26. The molecular weight excluding hydrogens is 228 g/mol. The molecule has 1 unspecified atom stereocenters. The Labute approximate surface area is 98.3 Å². The van der Waals surface area contributed by atoms with Crippen LogP contribution in [0.2, 0.25) is 0 Å². The molecule has 1 atom stereocenters. The molecule has 0 aromatic carbocycles. The van der Waals surface area contributed by atoms with Gasteiger partial charge in [0.05, 0.1) is 6.61 Å². The quantitative estimate of drug-likeness (QED) is 0.750. The lowest BCUT2D eigenvalue weighted by Gasteiger charge is -2.31. The van der Waals surface area contributed by atoms with E-state index >= 15 is 0 Å². The lowest BCUT2D eigenvalue weighted by atomic mass is 10.0. The molecule has 0 aliphatic carbocycles. The Morgan fingerprint density at radius 2 is 2.19 bits per heavy atom. The topological polar surface area (TPSA) is 58.6 Å². The van der Waals surface area contributed by atoms with E-state index < -0.39 is 10.2 Å². The van der Waals surface area contributed by atoms with Gasteiger partial charge in [-0.05, 0) is 25.7 Å². The second-order valence-electron chi connectivity index (χ2n) is 4.03. The van der Waals surface area contributed by atoms with Gasteiger partial charge in [-0.2, -0.15) is 12.7 Å². The van der Waals surface area contributed by atoms with Crippen LogP contribution in [0, 0.1) is 5.92 Å². The van der Waals surface area contributed by atoms with E-state index in [1.807, 2.05) is 6.92 Å². The minimum atomic E-state index is -3.26. The van der Waals surface area contributed by atoms with E-state index in [4.69, 9.17) is 4.74 Å². The van der Waals surface area contributed by atoms with Crippen molar-refractivity contribution in [3.63, 3.8) is 0 Å². The zero-order chi connectivity index (χ0) is 12.0. The maximum Gasteiger partial charge on any atom is 0.279 e. The van der Waals surface area contributed by atoms with Gasteiger partial charge in [0.15, 0.2) is 0 Å². The zero-order valence-corrected chi connectivity index (χ0v) is 10.9. The van der Waals surface area contributed by atoms with E-state index in [2.05, 4.69) is 4.72 Å². The highest BCUT2D eigenvalue weighted by molar-refractivity contribution is 7.87. The molecule has 1 aliphatic rings. The molecule has 6 heteroatoms. The van der Waals surface area contributed by atoms with Crippen molar-refractivity contribution in [2.45, 2.75) is 26.7 Å². The van der Waals surface area contributed by atoms with E-state index in [1.165, 1.54) is 4.31 Å². The standard InChI is InChI=1S/C10H22N2O3S/c1-3-11-16(13,14)12-7-5-6-10(8-12)9-15-4-2/h10-11H,3-9H2,1-2H3. The van der Waals surface area contributed by atoms with E-state index in [0.29, 0.717) is 38.8 Å². The number of ether oxygens (including phenoxy) is 1. The highest BCUT2D eigenvalue weighted by atomic mass is 32.2. The summed E-state index contributed by atoms with van der Waals surface area (Å²) in [4.78, 5) is 0. The first-order chi connectivity index (χ1) is 7.60. The van der Waals surface area contributed by atoms with Crippen LogP contribution < -0.4 is 4.72 Å². The van der Waals surface area contributed by atoms with Gasteiger partial charge in [0.25, 0.3) is 10.2 Å². The Morgan fingerprint density at radius 3 is 2.81 bits per heavy atom. The molecule has 0 aromatic rings. The van der Waals surface area contributed by atoms with Gasteiger partial charge in [-0.1, -0.05) is 6.92 Å². The van der Waals surface area contributed by atoms with Gasteiger partial charge in [0, 0.05) is 26.2 Å². The third kappa shape index (κ3) is 4.01. The van der Waals surface area contributed by atoms with Crippen LogP contribution in [0.4, 0.5) is 0 Å². The van der Waals surface area contributed by atoms with Crippen molar-refractivity contribution < 1.29 is 13.2 Å². The van der Waals surface area contributed by atoms with Gasteiger partial charge in [0.1, 0.15) is 0 Å². The van der Waals surface area contributed by atoms with Crippen molar-refractivity contribution in [1.29, 1.82) is 0 Å². The summed E-state index contributed by atoms with van der Waals surface area (Å²) in [6.45, 7) is 6.74. The van der Waals surface area contributed by atoms with Crippen LogP contribution in [0.15, 0.2) is 0 Å². The van der Waals surface area contributed by atoms with E-state index in [-0.39, 0.29) is 0 Å². The highest BCUT2D eigenvalue weighted by Crippen LogP contribution is 2.18. The summed E-state index contributed by atoms with van der Waals surface area (Å²) in [7, 11) is -3.26. The third-order valence-corrected chi connectivity index (χ3v) is 4.37. The molecule has 1 N–H and O–H groups in total. The summed E-state index contributed by atoms with van der Waals surface area (Å²) >= 11 is 0. The summed E-state index contributed by atoms with van der Waals surface area (Å²) in [6, 6.07) is 0. The Balaban J connectivity index is 2.49. The third-order valence-electron chi connectivity index (χ3n) is 2.71. The molecule has 5 nitrogen and oxygen atoms in total. The first kappa shape index (κ1) is 13.9. The normalized spacial score (nSPS) is 23.5. The lowest BCUT2D eigenvalue weighted by molar-refractivity contribution is 0.0862. The Hall–Kier alpha value is -0.170. The molecule has 16 heavy (non-hydrogen) atoms. The highest BCUT2D eigenvalue weighted by Gasteiger charge is 2.28. The molecule has 0 spiro atoms. The largest absolute Gasteiger partial charge is 0.381 e. The summed E-state index contributed by atoms with van der Waals surface area (Å²) in [5.41, 5.74) is 0. The predicted molar refractivity (Wildman–Crippen MR) is 63.4 cm³/mol. The Morgan fingerprint density at radius 1 is 1.44 bits per heavy atom. The fourth-order valence-electron chi connectivity index (χ4n) is 1.94. The van der Waals surface area contributed by atoms with Crippen LogP contribution in [-0.4, -0.2) is 45.6 Å². The summed E-state index contributed by atoms with van der Waals surface area (Å²) < 4.78 is 33.0. The van der Waals surface area contributed by atoms with Crippen molar-refractivity contribution in [3.05, 3.63) is 0 Å². The van der Waals surface area contributed by atoms with Crippen molar-refractivity contribution in [1.82, 2.24) is 9.03 Å². The molecule has 0 aromatic heterocycles. The average molecular weight is 250 g/mol. The maximum atomic E-state index is 11.8. The van der Waals surface area contributed by atoms with Crippen molar-refractivity contribution >= 4 is 10.2 Å². The summed E-state index contributed by atoms with van der Waals surface area (Å²) in [5.74, 6) is 0.335. The molecule has 1 rings (SSSR count). The second-order valence-corrected chi connectivity index (χ2v) is 5.78. The molecule has 1 fully saturated rings. The Kier molecular flexibility index (Phi) is 5.68. The van der Waals surface area contributed by atoms with Gasteiger partial charge >= 0.3 is 0 Å². The van der Waals surface area contributed by atoms with Crippen LogP contribution in [0.1, 0.15) is 26.7 Å². The number of hydrogen-bond acceptors (Lipinski definition) is 3. The molecule has 96 valence electrons. The van der Waals surface area contributed by atoms with Crippen LogP contribution >= 0.6 is 0 Å². The molecule has 0 bridgehead atoms. The summed E-state index contributed by atoms with van der Waals surface area (Å²) in [6.07, 6.45) is 1.97. The zero-order valence-electron chi connectivity index (χ0n) is 10.1. The van der Waals surface area contributed by atoms with Crippen LogP contribution in [0.25, 0.3) is 0 Å². The maximum absolute atomic E-state index is 11.8. The van der Waals surface area contributed by atoms with Crippen LogP contribution in [0.3, 0.4) is 0 Å². The SMILES string of the molecule is CCNS(=O)(=O)N1CCCC(COCC)C1. The van der Waals surface area contributed by atoms with Gasteiger partial charge in [-0.3, -0.25) is 0 Å². The molecular formula is C10H22N2O3S. The number of nitrogens with one attached hydrogen (secondary N) is 1. The first-order valence-electron chi connectivity index (χ1n) is 5.92. The van der Waals surface area contributed by atoms with Gasteiger partial charge in [0.2, 0.25) is 0 Å². The van der Waals surface area contributed by atoms with Gasteiger partial charge < -0.3 is 4.74 Å². The minimum absolute atomic E-state index is 0.335. The number of rotatable bonds is 6. The fraction of sp³-hybridized carbons (Fsp3) is 1.00.